The average Bonchev–Trinajstić information content (AvgIpc) is 4.16. The number of allylic oxidation sites excluding steroid dienone is 3. The first-order valence-corrected chi connectivity index (χ1v) is 22.4. The van der Waals surface area contributed by atoms with E-state index in [2.05, 4.69) is 66.1 Å². The maximum absolute atomic E-state index is 14.6. The molecule has 5 amide bonds. The molecule has 3 aliphatic heterocycles. The van der Waals surface area contributed by atoms with Crippen LogP contribution in [0.5, 0.6) is 0 Å². The number of imidazole rings is 3. The van der Waals surface area contributed by atoms with Crippen molar-refractivity contribution in [2.24, 2.45) is 38.5 Å². The summed E-state index contributed by atoms with van der Waals surface area (Å²) in [5, 5.41) is 10.9. The number of aliphatic imine (C=N–C) groups is 3. The fourth-order valence-corrected chi connectivity index (χ4v) is 7.95. The number of aromatic amines is 3. The molecule has 68 heavy (non-hydrogen) atoms. The van der Waals surface area contributed by atoms with E-state index in [1.165, 1.54) is 44.5 Å². The first kappa shape index (κ1) is 49.6. The normalized spacial score (nSPS) is 16.4. The van der Waals surface area contributed by atoms with Gasteiger partial charge in [0.2, 0.25) is 29.5 Å². The zero-order chi connectivity index (χ0) is 48.4. The molecule has 6 rings (SSSR count). The Kier molecular flexibility index (Phi) is 18.0. The monoisotopic (exact) mass is 932 g/mol. The molecule has 0 saturated carbocycles. The van der Waals surface area contributed by atoms with Gasteiger partial charge in [0.1, 0.15) is 6.04 Å². The summed E-state index contributed by atoms with van der Waals surface area (Å²) in [6, 6.07) is -3.51. The average molecular weight is 933 g/mol. The lowest BCUT2D eigenvalue weighted by molar-refractivity contribution is -0.135. The number of ketones is 3. The molecule has 3 aromatic heterocycles. The highest BCUT2D eigenvalue weighted by Crippen LogP contribution is 2.23. The minimum Gasteiger partial charge on any atom is -0.368 e. The third-order valence-electron chi connectivity index (χ3n) is 11.5. The van der Waals surface area contributed by atoms with E-state index < -0.39 is 89.2 Å². The Morgan fingerprint density at radius 3 is 1.24 bits per heavy atom. The maximum atomic E-state index is 14.6. The summed E-state index contributed by atoms with van der Waals surface area (Å²) in [7, 11) is 0. The summed E-state index contributed by atoms with van der Waals surface area (Å²) in [4.78, 5) is 143. The van der Waals surface area contributed by atoms with Crippen molar-refractivity contribution in [1.82, 2.24) is 51.2 Å². The van der Waals surface area contributed by atoms with Crippen LogP contribution in [0.25, 0.3) is 0 Å². The Balaban J connectivity index is 1.22. The molecule has 0 spiro atoms. The van der Waals surface area contributed by atoms with Gasteiger partial charge in [-0.3, -0.25) is 53.3 Å². The second-order valence-corrected chi connectivity index (χ2v) is 16.9. The van der Waals surface area contributed by atoms with Crippen molar-refractivity contribution in [1.29, 1.82) is 0 Å². The molecule has 22 heteroatoms. The second kappa shape index (κ2) is 24.7. The fourth-order valence-electron chi connectivity index (χ4n) is 7.95. The molecular weight excluding hydrogens is 877 g/mol. The summed E-state index contributed by atoms with van der Waals surface area (Å²) in [5.41, 5.74) is 8.99. The molecule has 9 N–H and O–H groups in total. The molecule has 0 fully saturated rings. The van der Waals surface area contributed by atoms with Crippen LogP contribution in [0, 0.1) is 17.8 Å². The van der Waals surface area contributed by atoms with Gasteiger partial charge in [-0.1, -0.05) is 18.2 Å². The van der Waals surface area contributed by atoms with Crippen molar-refractivity contribution < 1.29 is 38.4 Å². The van der Waals surface area contributed by atoms with Crippen LogP contribution in [0.3, 0.4) is 0 Å². The molecule has 0 unspecified atom stereocenters. The third kappa shape index (κ3) is 15.4. The van der Waals surface area contributed by atoms with Crippen LogP contribution in [0.4, 0.5) is 0 Å². The molecule has 3 aliphatic rings. The molecule has 0 radical (unpaired) electrons. The largest absolute Gasteiger partial charge is 0.368 e. The third-order valence-corrected chi connectivity index (χ3v) is 11.5. The molecular formula is C46H56N14O8. The van der Waals surface area contributed by atoms with Crippen LogP contribution >= 0.6 is 0 Å². The smallest absolute Gasteiger partial charge is 0.240 e. The molecule has 6 atom stereocenters. The number of hydrogen-bond acceptors (Lipinski definition) is 14. The van der Waals surface area contributed by atoms with E-state index >= 15 is 0 Å². The number of Topliss-reactive ketones (excluding diaryl/α,β-unsaturated/α-hetero) is 3. The van der Waals surface area contributed by atoms with Gasteiger partial charge in [0, 0.05) is 155 Å². The Morgan fingerprint density at radius 2 is 0.912 bits per heavy atom. The van der Waals surface area contributed by atoms with E-state index in [1.807, 2.05) is 18.2 Å². The predicted molar refractivity (Wildman–Crippen MR) is 247 cm³/mol. The van der Waals surface area contributed by atoms with Gasteiger partial charge in [-0.15, -0.1) is 0 Å². The number of aromatic nitrogens is 6. The van der Waals surface area contributed by atoms with Crippen molar-refractivity contribution in [3.63, 3.8) is 0 Å². The van der Waals surface area contributed by atoms with Crippen LogP contribution in [-0.2, 0) is 57.6 Å². The Bertz CT molecular complexity index is 2470. The number of carbonyl (C=O) groups excluding carboxylic acids is 8. The summed E-state index contributed by atoms with van der Waals surface area (Å²) >= 11 is 0. The van der Waals surface area contributed by atoms with Crippen molar-refractivity contribution in [2.75, 3.05) is 6.54 Å². The molecule has 0 saturated heterocycles. The number of primary amides is 1. The lowest BCUT2D eigenvalue weighted by Crippen LogP contribution is -2.49. The Labute approximate surface area is 391 Å². The highest BCUT2D eigenvalue weighted by molar-refractivity contribution is 5.97. The summed E-state index contributed by atoms with van der Waals surface area (Å²) in [6.45, 7) is 0.988. The first-order chi connectivity index (χ1) is 32.8. The Morgan fingerprint density at radius 1 is 0.544 bits per heavy atom. The standard InChI is InChI=1S/C46H56N14O8/c1-27(61)54-23-37(62)14-28(11-34-20-48-24-55-34)44(66)58-38(17-31-5-2-8-51-31)41(63)15-29(12-35-21-49-25-56-35)45(67)59-39(18-32-6-3-9-52-32)42(64)16-30(13-36-22-50-26-57-36)46(68)60-40(43(47)65)19-33-7-4-10-53-33/h5-10,20-22,24-26,28-30,38-40H,2-4,11-19,23H2,1H3,(H2,47,65)(H,48,55)(H,49,56)(H,50,57)(H,54,61)(H,58,66)(H,59,67)(H,60,68)/t28-,29-,30-,38-,39-,40-/m0/s1. The van der Waals surface area contributed by atoms with E-state index in [0.29, 0.717) is 53.4 Å². The quantitative estimate of drug-likeness (QED) is 0.0484. The fraction of sp³-hybridized carbons (Fsp3) is 0.435. The van der Waals surface area contributed by atoms with Crippen molar-refractivity contribution >= 4 is 65.5 Å². The predicted octanol–water partition coefficient (Wildman–Crippen LogP) is 0.931. The number of nitrogens with two attached hydrogens (primary N) is 1. The number of hydrogen-bond donors (Lipinski definition) is 8. The van der Waals surface area contributed by atoms with Crippen LogP contribution in [0.15, 0.2) is 87.9 Å². The van der Waals surface area contributed by atoms with Gasteiger partial charge in [0.15, 0.2) is 17.3 Å². The number of amides is 5. The Hall–Kier alpha value is -7.78. The van der Waals surface area contributed by atoms with Gasteiger partial charge < -0.3 is 42.0 Å². The minimum atomic E-state index is -1.21. The van der Waals surface area contributed by atoms with Crippen LogP contribution < -0.4 is 27.0 Å². The number of carbonyl (C=O) groups is 8. The molecule has 0 aromatic carbocycles. The topological polar surface area (TPSA) is 334 Å². The van der Waals surface area contributed by atoms with E-state index in [0.717, 1.165) is 0 Å². The van der Waals surface area contributed by atoms with E-state index in [1.54, 1.807) is 18.6 Å². The van der Waals surface area contributed by atoms with E-state index in [-0.39, 0.29) is 57.9 Å². The molecule has 358 valence electrons. The number of H-pyrrole nitrogens is 3. The van der Waals surface area contributed by atoms with Gasteiger partial charge in [-0.05, 0) is 0 Å². The molecule has 22 nitrogen and oxygen atoms in total. The van der Waals surface area contributed by atoms with E-state index in [4.69, 9.17) is 5.73 Å². The highest BCUT2D eigenvalue weighted by atomic mass is 16.2. The number of nitrogens with zero attached hydrogens (tertiary/aromatic N) is 6. The zero-order valence-corrected chi connectivity index (χ0v) is 37.6. The zero-order valence-electron chi connectivity index (χ0n) is 37.6. The van der Waals surface area contributed by atoms with Crippen molar-refractivity contribution in [2.45, 2.75) is 102 Å². The first-order valence-electron chi connectivity index (χ1n) is 22.4. The molecule has 0 bridgehead atoms. The van der Waals surface area contributed by atoms with Crippen LogP contribution in [0.2, 0.25) is 0 Å². The summed E-state index contributed by atoms with van der Waals surface area (Å²) in [5.74, 6) is -7.62. The van der Waals surface area contributed by atoms with Crippen LogP contribution in [-0.4, -0.2) is 120 Å². The highest BCUT2D eigenvalue weighted by Gasteiger charge is 2.35. The van der Waals surface area contributed by atoms with Gasteiger partial charge in [-0.25, -0.2) is 15.0 Å². The second-order valence-electron chi connectivity index (χ2n) is 16.9. The van der Waals surface area contributed by atoms with Gasteiger partial charge >= 0.3 is 0 Å². The number of nitrogens with one attached hydrogen (secondary N) is 7. The maximum Gasteiger partial charge on any atom is 0.240 e. The van der Waals surface area contributed by atoms with Gasteiger partial charge in [0.25, 0.3) is 0 Å². The lowest BCUT2D eigenvalue weighted by atomic mass is 9.89. The van der Waals surface area contributed by atoms with Crippen molar-refractivity contribution in [3.05, 3.63) is 90.0 Å². The SMILES string of the molecule is CC(=O)NCC(=O)C[C@H](Cc1cnc[nH]1)C(=O)N[C@@H](CC1=CCC=N1)C(=O)C[C@H](Cc1cnc[nH]1)C(=O)N[C@@H](CC1=CCC=N1)C(=O)C[C@H](Cc1cnc[nH]1)C(=O)N[C@@H](CC1=CCC=N1)C(N)=O. The molecule has 6 heterocycles. The molecule has 3 aromatic rings. The summed E-state index contributed by atoms with van der Waals surface area (Å²) < 4.78 is 0. The summed E-state index contributed by atoms with van der Waals surface area (Å²) in [6.07, 6.45) is 20.0. The number of rotatable bonds is 29. The van der Waals surface area contributed by atoms with Gasteiger partial charge in [-0.2, -0.15) is 0 Å². The van der Waals surface area contributed by atoms with Gasteiger partial charge in [0.05, 0.1) is 55.4 Å². The van der Waals surface area contributed by atoms with Crippen LogP contribution in [0.1, 0.15) is 81.8 Å². The lowest BCUT2D eigenvalue weighted by Gasteiger charge is -2.26. The van der Waals surface area contributed by atoms with Crippen molar-refractivity contribution in [3.8, 4) is 0 Å². The minimum absolute atomic E-state index is 0.00936. The molecule has 0 aliphatic carbocycles. The van der Waals surface area contributed by atoms with E-state index in [9.17, 15) is 38.4 Å².